The van der Waals surface area contributed by atoms with E-state index in [4.69, 9.17) is 16.3 Å². The number of amides is 2. The quantitative estimate of drug-likeness (QED) is 0.758. The van der Waals surface area contributed by atoms with Crippen molar-refractivity contribution in [1.29, 1.82) is 0 Å². The second-order valence-corrected chi connectivity index (χ2v) is 6.65. The predicted octanol–water partition coefficient (Wildman–Crippen LogP) is 2.83. The number of halogens is 1. The topological polar surface area (TPSA) is 84.5 Å². The molecule has 0 aliphatic heterocycles. The SMILES string of the molecule is Cc1ccc(NC(=O)COC(=O)CNC(=O)C2CCCCC2)c(Cl)c1. The molecule has 1 aromatic carbocycles. The largest absolute Gasteiger partial charge is 0.454 e. The zero-order valence-corrected chi connectivity index (χ0v) is 15.0. The summed E-state index contributed by atoms with van der Waals surface area (Å²) in [6.45, 7) is 1.23. The van der Waals surface area contributed by atoms with Crippen LogP contribution in [0.5, 0.6) is 0 Å². The average Bonchev–Trinajstić information content (AvgIpc) is 2.61. The highest BCUT2D eigenvalue weighted by molar-refractivity contribution is 6.33. The van der Waals surface area contributed by atoms with Crippen molar-refractivity contribution in [2.45, 2.75) is 39.0 Å². The van der Waals surface area contributed by atoms with Gasteiger partial charge in [-0.05, 0) is 37.5 Å². The zero-order chi connectivity index (χ0) is 18.2. The molecule has 0 atom stereocenters. The second-order valence-electron chi connectivity index (χ2n) is 6.24. The molecule has 136 valence electrons. The highest BCUT2D eigenvalue weighted by atomic mass is 35.5. The van der Waals surface area contributed by atoms with Gasteiger partial charge in [-0.3, -0.25) is 14.4 Å². The molecule has 0 heterocycles. The van der Waals surface area contributed by atoms with E-state index in [0.717, 1.165) is 37.7 Å². The molecule has 1 saturated carbocycles. The monoisotopic (exact) mass is 366 g/mol. The normalized spacial score (nSPS) is 14.6. The van der Waals surface area contributed by atoms with Gasteiger partial charge >= 0.3 is 5.97 Å². The molecule has 1 aliphatic carbocycles. The number of carbonyl (C=O) groups excluding carboxylic acids is 3. The molecule has 1 aromatic rings. The van der Waals surface area contributed by atoms with Crippen LogP contribution in [0.2, 0.25) is 5.02 Å². The first-order chi connectivity index (χ1) is 12.0. The number of esters is 1. The fourth-order valence-corrected chi connectivity index (χ4v) is 3.06. The number of nitrogens with one attached hydrogen (secondary N) is 2. The summed E-state index contributed by atoms with van der Waals surface area (Å²) in [6, 6.07) is 5.22. The Balaban J connectivity index is 1.68. The van der Waals surface area contributed by atoms with Crippen LogP contribution in [0.4, 0.5) is 5.69 Å². The van der Waals surface area contributed by atoms with Gasteiger partial charge in [0.1, 0.15) is 6.54 Å². The average molecular weight is 367 g/mol. The molecular weight excluding hydrogens is 344 g/mol. The van der Waals surface area contributed by atoms with Gasteiger partial charge in [0.25, 0.3) is 5.91 Å². The van der Waals surface area contributed by atoms with Crippen LogP contribution in [-0.2, 0) is 19.1 Å². The van der Waals surface area contributed by atoms with Gasteiger partial charge < -0.3 is 15.4 Å². The molecule has 25 heavy (non-hydrogen) atoms. The van der Waals surface area contributed by atoms with Crippen LogP contribution in [0.1, 0.15) is 37.7 Å². The summed E-state index contributed by atoms with van der Waals surface area (Å²) in [5.74, 6) is -1.27. The molecule has 0 radical (unpaired) electrons. The number of hydrogen-bond acceptors (Lipinski definition) is 4. The summed E-state index contributed by atoms with van der Waals surface area (Å²) in [6.07, 6.45) is 4.97. The summed E-state index contributed by atoms with van der Waals surface area (Å²) in [5, 5.41) is 5.56. The summed E-state index contributed by atoms with van der Waals surface area (Å²) < 4.78 is 4.87. The molecule has 1 fully saturated rings. The van der Waals surface area contributed by atoms with Crippen LogP contribution in [0.3, 0.4) is 0 Å². The molecule has 0 bridgehead atoms. The maximum Gasteiger partial charge on any atom is 0.325 e. The molecule has 0 spiro atoms. The molecular formula is C18H23ClN2O4. The fourth-order valence-electron chi connectivity index (χ4n) is 2.77. The van der Waals surface area contributed by atoms with E-state index in [2.05, 4.69) is 10.6 Å². The molecule has 0 saturated heterocycles. The minimum absolute atomic E-state index is 0.0199. The van der Waals surface area contributed by atoms with E-state index in [-0.39, 0.29) is 18.4 Å². The van der Waals surface area contributed by atoms with Crippen molar-refractivity contribution in [3.05, 3.63) is 28.8 Å². The van der Waals surface area contributed by atoms with E-state index in [0.29, 0.717) is 10.7 Å². The highest BCUT2D eigenvalue weighted by Gasteiger charge is 2.21. The Hall–Kier alpha value is -2.08. The molecule has 0 aromatic heterocycles. The summed E-state index contributed by atoms with van der Waals surface area (Å²) >= 11 is 6.02. The third kappa shape index (κ3) is 6.38. The maximum absolute atomic E-state index is 11.9. The molecule has 6 nitrogen and oxygen atoms in total. The lowest BCUT2D eigenvalue weighted by atomic mass is 9.89. The third-order valence-corrected chi connectivity index (χ3v) is 4.46. The van der Waals surface area contributed by atoms with Crippen LogP contribution in [-0.4, -0.2) is 30.9 Å². The number of anilines is 1. The standard InChI is InChI=1S/C18H23ClN2O4/c1-12-7-8-15(14(19)9-12)21-16(22)11-25-17(23)10-20-18(24)13-5-3-2-4-6-13/h7-9,13H,2-6,10-11H2,1H3,(H,20,24)(H,21,22). The first-order valence-corrected chi connectivity index (χ1v) is 8.83. The van der Waals surface area contributed by atoms with E-state index < -0.39 is 18.5 Å². The van der Waals surface area contributed by atoms with E-state index in [1.165, 1.54) is 0 Å². The van der Waals surface area contributed by atoms with Gasteiger partial charge in [-0.2, -0.15) is 0 Å². The Morgan fingerprint density at radius 1 is 1.20 bits per heavy atom. The third-order valence-electron chi connectivity index (χ3n) is 4.15. The van der Waals surface area contributed by atoms with Crippen LogP contribution in [0.15, 0.2) is 18.2 Å². The van der Waals surface area contributed by atoms with Gasteiger partial charge in [0.2, 0.25) is 5.91 Å². The first-order valence-electron chi connectivity index (χ1n) is 8.45. The summed E-state index contributed by atoms with van der Waals surface area (Å²) in [7, 11) is 0. The van der Waals surface area contributed by atoms with Crippen LogP contribution < -0.4 is 10.6 Å². The minimum Gasteiger partial charge on any atom is -0.454 e. The number of carbonyl (C=O) groups is 3. The van der Waals surface area contributed by atoms with E-state index in [1.54, 1.807) is 12.1 Å². The Morgan fingerprint density at radius 3 is 2.60 bits per heavy atom. The number of benzene rings is 1. The first kappa shape index (κ1) is 19.2. The molecule has 7 heteroatoms. The van der Waals surface area contributed by atoms with Crippen molar-refractivity contribution in [1.82, 2.24) is 5.32 Å². The fraction of sp³-hybridized carbons (Fsp3) is 0.500. The summed E-state index contributed by atoms with van der Waals surface area (Å²) in [5.41, 5.74) is 1.43. The van der Waals surface area contributed by atoms with Crippen molar-refractivity contribution in [3.63, 3.8) is 0 Å². The van der Waals surface area contributed by atoms with Gasteiger partial charge in [-0.1, -0.05) is 36.9 Å². The van der Waals surface area contributed by atoms with Crippen molar-refractivity contribution < 1.29 is 19.1 Å². The van der Waals surface area contributed by atoms with Crippen molar-refractivity contribution in [2.24, 2.45) is 5.92 Å². The highest BCUT2D eigenvalue weighted by Crippen LogP contribution is 2.23. The van der Waals surface area contributed by atoms with E-state index in [1.807, 2.05) is 13.0 Å². The Bertz CT molecular complexity index is 642. The molecule has 2 amide bonds. The van der Waals surface area contributed by atoms with Crippen LogP contribution in [0.25, 0.3) is 0 Å². The lowest BCUT2D eigenvalue weighted by Crippen LogP contribution is -2.36. The number of aryl methyl sites for hydroxylation is 1. The number of hydrogen-bond donors (Lipinski definition) is 2. The van der Waals surface area contributed by atoms with Gasteiger partial charge in [0.15, 0.2) is 6.61 Å². The van der Waals surface area contributed by atoms with E-state index >= 15 is 0 Å². The molecule has 1 aliphatic rings. The van der Waals surface area contributed by atoms with Crippen molar-refractivity contribution in [2.75, 3.05) is 18.5 Å². The Kier molecular flexibility index (Phi) is 7.25. The van der Waals surface area contributed by atoms with Crippen LogP contribution >= 0.6 is 11.6 Å². The Morgan fingerprint density at radius 2 is 1.92 bits per heavy atom. The smallest absolute Gasteiger partial charge is 0.325 e. The van der Waals surface area contributed by atoms with Crippen LogP contribution in [0, 0.1) is 12.8 Å². The molecule has 2 N–H and O–H groups in total. The minimum atomic E-state index is -0.644. The van der Waals surface area contributed by atoms with Crippen molar-refractivity contribution in [3.8, 4) is 0 Å². The molecule has 2 rings (SSSR count). The lowest BCUT2D eigenvalue weighted by Gasteiger charge is -2.20. The van der Waals surface area contributed by atoms with Gasteiger partial charge in [0.05, 0.1) is 10.7 Å². The lowest BCUT2D eigenvalue weighted by molar-refractivity contribution is -0.147. The Labute approximate surface area is 152 Å². The zero-order valence-electron chi connectivity index (χ0n) is 14.3. The van der Waals surface area contributed by atoms with Crippen molar-refractivity contribution >= 4 is 35.1 Å². The summed E-state index contributed by atoms with van der Waals surface area (Å²) in [4.78, 5) is 35.4. The van der Waals surface area contributed by atoms with Gasteiger partial charge in [-0.25, -0.2) is 0 Å². The van der Waals surface area contributed by atoms with E-state index in [9.17, 15) is 14.4 Å². The predicted molar refractivity (Wildman–Crippen MR) is 95.4 cm³/mol. The number of ether oxygens (including phenoxy) is 1. The van der Waals surface area contributed by atoms with Gasteiger partial charge in [-0.15, -0.1) is 0 Å². The number of rotatable bonds is 6. The maximum atomic E-state index is 11.9. The van der Waals surface area contributed by atoms with Gasteiger partial charge in [0, 0.05) is 5.92 Å². The second kappa shape index (κ2) is 9.42. The molecule has 0 unspecified atom stereocenters.